The zero-order chi connectivity index (χ0) is 14.7. The van der Waals surface area contributed by atoms with Gasteiger partial charge >= 0.3 is 0 Å². The smallest absolute Gasteiger partial charge is 0.263 e. The highest BCUT2D eigenvalue weighted by molar-refractivity contribution is 7.18. The molecule has 6 heteroatoms. The van der Waals surface area contributed by atoms with Crippen molar-refractivity contribution in [1.29, 1.82) is 5.26 Å². The molecule has 1 aliphatic carbocycles. The van der Waals surface area contributed by atoms with Gasteiger partial charge in [-0.15, -0.1) is 11.3 Å². The molecule has 0 unspecified atom stereocenters. The summed E-state index contributed by atoms with van der Waals surface area (Å²) >= 11 is 1.24. The van der Waals surface area contributed by atoms with Crippen LogP contribution in [0.1, 0.15) is 41.9 Å². The van der Waals surface area contributed by atoms with E-state index in [9.17, 15) is 10.1 Å². The van der Waals surface area contributed by atoms with E-state index in [1.54, 1.807) is 0 Å². The average molecular weight is 290 g/mol. The molecule has 106 valence electrons. The Morgan fingerprint density at radius 1 is 1.55 bits per heavy atom. The van der Waals surface area contributed by atoms with Crippen LogP contribution in [0, 0.1) is 11.3 Å². The predicted molar refractivity (Wildman–Crippen MR) is 81.9 cm³/mol. The van der Waals surface area contributed by atoms with E-state index in [0.717, 1.165) is 12.8 Å². The standard InChI is InChI=1S/C14H18N4OS/c1-8(2)5-6-17-14-10(7-15)11(16)12(20-14)13(19)18-9-3-4-9/h5,9,17H,3-4,6,16H2,1-2H3,(H,18,19). The van der Waals surface area contributed by atoms with Gasteiger partial charge in [-0.1, -0.05) is 11.6 Å². The molecule has 0 aromatic carbocycles. The van der Waals surface area contributed by atoms with Gasteiger partial charge < -0.3 is 16.4 Å². The minimum absolute atomic E-state index is 0.179. The first-order valence-corrected chi connectivity index (χ1v) is 7.35. The fourth-order valence-corrected chi connectivity index (χ4v) is 2.66. The summed E-state index contributed by atoms with van der Waals surface area (Å²) in [6, 6.07) is 2.34. The van der Waals surface area contributed by atoms with Crippen LogP contribution in [0.15, 0.2) is 11.6 Å². The van der Waals surface area contributed by atoms with Crippen LogP contribution in [-0.4, -0.2) is 18.5 Å². The largest absolute Gasteiger partial charge is 0.396 e. The Hall–Kier alpha value is -2.00. The minimum atomic E-state index is -0.179. The van der Waals surface area contributed by atoms with E-state index >= 15 is 0 Å². The number of nitriles is 1. The number of anilines is 2. The maximum atomic E-state index is 12.0. The Balaban J connectivity index is 2.17. The van der Waals surface area contributed by atoms with E-state index in [0.29, 0.717) is 22.0 Å². The molecule has 0 saturated heterocycles. The third-order valence-corrected chi connectivity index (χ3v) is 4.11. The zero-order valence-corrected chi connectivity index (χ0v) is 12.4. The molecule has 1 aromatic heterocycles. The first-order chi connectivity index (χ1) is 9.52. The SMILES string of the molecule is CC(C)=CCNc1sc(C(=O)NC2CC2)c(N)c1C#N. The molecule has 0 atom stereocenters. The summed E-state index contributed by atoms with van der Waals surface area (Å²) < 4.78 is 0. The Kier molecular flexibility index (Phi) is 4.30. The summed E-state index contributed by atoms with van der Waals surface area (Å²) in [6.07, 6.45) is 4.06. The highest BCUT2D eigenvalue weighted by atomic mass is 32.1. The lowest BCUT2D eigenvalue weighted by molar-refractivity contribution is 0.0956. The number of carbonyl (C=O) groups is 1. The molecule has 0 radical (unpaired) electrons. The van der Waals surface area contributed by atoms with Crippen molar-refractivity contribution >= 4 is 27.9 Å². The average Bonchev–Trinajstić information content (AvgIpc) is 3.13. The lowest BCUT2D eigenvalue weighted by Crippen LogP contribution is -2.25. The normalized spacial score (nSPS) is 13.4. The molecular formula is C14H18N4OS. The van der Waals surface area contributed by atoms with Crippen LogP contribution in [0.3, 0.4) is 0 Å². The Morgan fingerprint density at radius 3 is 2.80 bits per heavy atom. The second kappa shape index (κ2) is 5.97. The second-order valence-corrected chi connectivity index (χ2v) is 6.09. The fourth-order valence-electron chi connectivity index (χ4n) is 1.67. The minimum Gasteiger partial charge on any atom is -0.396 e. The summed E-state index contributed by atoms with van der Waals surface area (Å²) in [4.78, 5) is 12.5. The van der Waals surface area contributed by atoms with Crippen molar-refractivity contribution in [3.63, 3.8) is 0 Å². The monoisotopic (exact) mass is 290 g/mol. The van der Waals surface area contributed by atoms with Crippen LogP contribution < -0.4 is 16.4 Å². The van der Waals surface area contributed by atoms with E-state index in [1.807, 2.05) is 19.9 Å². The number of hydrogen-bond donors (Lipinski definition) is 3. The van der Waals surface area contributed by atoms with Crippen LogP contribution in [0.25, 0.3) is 0 Å². The molecule has 0 spiro atoms. The number of nitrogen functional groups attached to an aromatic ring is 1. The number of rotatable bonds is 5. The summed E-state index contributed by atoms with van der Waals surface area (Å²) in [5.74, 6) is -0.179. The molecule has 1 aromatic rings. The van der Waals surface area contributed by atoms with Crippen molar-refractivity contribution in [2.75, 3.05) is 17.6 Å². The second-order valence-electron chi connectivity index (χ2n) is 5.07. The van der Waals surface area contributed by atoms with Crippen molar-refractivity contribution in [1.82, 2.24) is 5.32 Å². The molecule has 0 aliphatic heterocycles. The summed E-state index contributed by atoms with van der Waals surface area (Å²) in [5.41, 5.74) is 7.73. The zero-order valence-electron chi connectivity index (χ0n) is 11.6. The highest BCUT2D eigenvalue weighted by Crippen LogP contribution is 2.35. The van der Waals surface area contributed by atoms with E-state index in [4.69, 9.17) is 5.73 Å². The van der Waals surface area contributed by atoms with Gasteiger partial charge in [0.15, 0.2) is 0 Å². The number of thiophene rings is 1. The van der Waals surface area contributed by atoms with Gasteiger partial charge in [0.2, 0.25) is 0 Å². The number of nitrogens with one attached hydrogen (secondary N) is 2. The number of nitrogens with zero attached hydrogens (tertiary/aromatic N) is 1. The van der Waals surface area contributed by atoms with Crippen molar-refractivity contribution in [3.8, 4) is 6.07 Å². The number of hydrogen-bond acceptors (Lipinski definition) is 5. The number of carbonyl (C=O) groups excluding carboxylic acids is 1. The van der Waals surface area contributed by atoms with Crippen LogP contribution in [0.2, 0.25) is 0 Å². The Morgan fingerprint density at radius 2 is 2.25 bits per heavy atom. The number of allylic oxidation sites excluding steroid dienone is 1. The Bertz CT molecular complexity index is 589. The molecule has 0 bridgehead atoms. The third-order valence-electron chi connectivity index (χ3n) is 2.95. The molecule has 5 nitrogen and oxygen atoms in total. The molecule has 4 N–H and O–H groups in total. The summed E-state index contributed by atoms with van der Waals surface area (Å²) in [7, 11) is 0. The third kappa shape index (κ3) is 3.31. The van der Waals surface area contributed by atoms with E-state index in [1.165, 1.54) is 16.9 Å². The van der Waals surface area contributed by atoms with Gasteiger partial charge in [0.1, 0.15) is 21.5 Å². The van der Waals surface area contributed by atoms with Crippen molar-refractivity contribution < 1.29 is 4.79 Å². The van der Waals surface area contributed by atoms with Crippen LogP contribution in [0.5, 0.6) is 0 Å². The van der Waals surface area contributed by atoms with Crippen molar-refractivity contribution in [2.24, 2.45) is 0 Å². The molecule has 1 aliphatic rings. The van der Waals surface area contributed by atoms with Crippen molar-refractivity contribution in [3.05, 3.63) is 22.1 Å². The summed E-state index contributed by atoms with van der Waals surface area (Å²) in [5, 5.41) is 15.9. The van der Waals surface area contributed by atoms with Crippen molar-refractivity contribution in [2.45, 2.75) is 32.7 Å². The first-order valence-electron chi connectivity index (χ1n) is 6.53. The lowest BCUT2D eigenvalue weighted by atomic mass is 10.2. The van der Waals surface area contributed by atoms with Crippen LogP contribution in [-0.2, 0) is 0 Å². The predicted octanol–water partition coefficient (Wildman–Crippen LogP) is 2.47. The molecule has 20 heavy (non-hydrogen) atoms. The van der Waals surface area contributed by atoms with E-state index in [2.05, 4.69) is 16.7 Å². The van der Waals surface area contributed by atoms with Gasteiger partial charge in [-0.3, -0.25) is 4.79 Å². The van der Waals surface area contributed by atoms with Gasteiger partial charge in [-0.05, 0) is 26.7 Å². The van der Waals surface area contributed by atoms with Gasteiger partial charge in [0, 0.05) is 12.6 Å². The fraction of sp³-hybridized carbons (Fsp3) is 0.429. The molecular weight excluding hydrogens is 272 g/mol. The molecule has 2 rings (SSSR count). The molecule has 1 saturated carbocycles. The van der Waals surface area contributed by atoms with Crippen LogP contribution >= 0.6 is 11.3 Å². The summed E-state index contributed by atoms with van der Waals surface area (Å²) in [6.45, 7) is 4.62. The van der Waals surface area contributed by atoms with Crippen LogP contribution in [0.4, 0.5) is 10.7 Å². The maximum absolute atomic E-state index is 12.0. The maximum Gasteiger partial charge on any atom is 0.263 e. The van der Waals surface area contributed by atoms with Gasteiger partial charge in [0.25, 0.3) is 5.91 Å². The van der Waals surface area contributed by atoms with E-state index in [-0.39, 0.29) is 17.6 Å². The Labute approximate surface area is 122 Å². The molecule has 1 amide bonds. The van der Waals surface area contributed by atoms with Gasteiger partial charge in [-0.2, -0.15) is 5.26 Å². The molecule has 1 heterocycles. The van der Waals surface area contributed by atoms with E-state index < -0.39 is 0 Å². The number of nitrogens with two attached hydrogens (primary N) is 1. The topological polar surface area (TPSA) is 90.9 Å². The van der Waals surface area contributed by atoms with Gasteiger partial charge in [-0.25, -0.2) is 0 Å². The molecule has 1 fully saturated rings. The lowest BCUT2D eigenvalue weighted by Gasteiger charge is -2.00. The quantitative estimate of drug-likeness (QED) is 0.726. The van der Waals surface area contributed by atoms with Gasteiger partial charge in [0.05, 0.1) is 5.69 Å². The first kappa shape index (κ1) is 14.4. The number of amides is 1. The highest BCUT2D eigenvalue weighted by Gasteiger charge is 2.27.